The van der Waals surface area contributed by atoms with Gasteiger partial charge in [-0.25, -0.2) is 0 Å². The predicted octanol–water partition coefficient (Wildman–Crippen LogP) is -0.592. The molecule has 0 amide bonds. The SMILES string of the molecule is C#CC(=O)CNC. The minimum absolute atomic E-state index is 0.206. The topological polar surface area (TPSA) is 29.1 Å². The molecule has 0 heterocycles. The van der Waals surface area contributed by atoms with E-state index in [1.807, 2.05) is 5.92 Å². The highest BCUT2D eigenvalue weighted by molar-refractivity contribution is 5.96. The second kappa shape index (κ2) is 3.38. The van der Waals surface area contributed by atoms with Gasteiger partial charge in [-0.15, -0.1) is 6.42 Å². The average molecular weight is 97.1 g/mol. The second-order valence-corrected chi connectivity index (χ2v) is 1.10. The summed E-state index contributed by atoms with van der Waals surface area (Å²) in [5, 5.41) is 2.63. The van der Waals surface area contributed by atoms with Crippen molar-refractivity contribution in [1.82, 2.24) is 5.32 Å². The molecule has 0 aromatic carbocycles. The Hall–Kier alpha value is -0.810. The maximum atomic E-state index is 10.1. The first-order chi connectivity index (χ1) is 3.31. The highest BCUT2D eigenvalue weighted by Crippen LogP contribution is 1.58. The van der Waals surface area contributed by atoms with Crippen molar-refractivity contribution >= 4 is 5.78 Å². The first-order valence-electron chi connectivity index (χ1n) is 1.95. The van der Waals surface area contributed by atoms with E-state index in [2.05, 4.69) is 5.32 Å². The summed E-state index contributed by atoms with van der Waals surface area (Å²) < 4.78 is 0. The first kappa shape index (κ1) is 6.19. The summed E-state index contributed by atoms with van der Waals surface area (Å²) in [4.78, 5) is 10.1. The van der Waals surface area contributed by atoms with Crippen LogP contribution in [0.3, 0.4) is 0 Å². The van der Waals surface area contributed by atoms with E-state index in [1.165, 1.54) is 0 Å². The third-order valence-corrected chi connectivity index (χ3v) is 0.498. The Bertz CT molecular complexity index is 101. The molecule has 0 rings (SSSR count). The molecular formula is C5H7NO. The van der Waals surface area contributed by atoms with Crippen molar-refractivity contribution in [3.8, 4) is 12.3 Å². The zero-order valence-corrected chi connectivity index (χ0v) is 4.19. The lowest BCUT2D eigenvalue weighted by Crippen LogP contribution is -2.16. The predicted molar refractivity (Wildman–Crippen MR) is 27.8 cm³/mol. The van der Waals surface area contributed by atoms with Gasteiger partial charge in [-0.2, -0.15) is 0 Å². The molecule has 0 aliphatic rings. The Kier molecular flexibility index (Phi) is 2.99. The number of rotatable bonds is 2. The first-order valence-corrected chi connectivity index (χ1v) is 1.95. The van der Waals surface area contributed by atoms with Crippen molar-refractivity contribution in [2.75, 3.05) is 13.6 Å². The van der Waals surface area contributed by atoms with Gasteiger partial charge in [0, 0.05) is 0 Å². The van der Waals surface area contributed by atoms with Crippen LogP contribution < -0.4 is 5.32 Å². The highest BCUT2D eigenvalue weighted by atomic mass is 16.1. The third kappa shape index (κ3) is 3.01. The van der Waals surface area contributed by atoms with Crippen LogP contribution in [0, 0.1) is 12.3 Å². The maximum Gasteiger partial charge on any atom is 0.218 e. The number of ketones is 1. The van der Waals surface area contributed by atoms with Gasteiger partial charge in [-0.3, -0.25) is 4.79 Å². The smallest absolute Gasteiger partial charge is 0.218 e. The zero-order chi connectivity index (χ0) is 5.70. The van der Waals surface area contributed by atoms with Gasteiger partial charge in [-0.05, 0) is 13.0 Å². The zero-order valence-electron chi connectivity index (χ0n) is 4.19. The number of hydrogen-bond donors (Lipinski definition) is 1. The quantitative estimate of drug-likeness (QED) is 0.368. The highest BCUT2D eigenvalue weighted by Gasteiger charge is 1.87. The molecule has 0 unspecified atom stereocenters. The number of likely N-dealkylation sites (N-methyl/N-ethyl adjacent to an activating group) is 1. The molecule has 2 nitrogen and oxygen atoms in total. The van der Waals surface area contributed by atoms with Gasteiger partial charge < -0.3 is 5.32 Å². The Morgan fingerprint density at radius 1 is 2.00 bits per heavy atom. The molecule has 0 aliphatic carbocycles. The van der Waals surface area contributed by atoms with E-state index < -0.39 is 0 Å². The molecule has 0 aromatic rings. The van der Waals surface area contributed by atoms with Gasteiger partial charge in [0.15, 0.2) is 0 Å². The number of carbonyl (C=O) groups excluding carboxylic acids is 1. The summed E-state index contributed by atoms with van der Waals surface area (Å²) in [6.07, 6.45) is 4.72. The van der Waals surface area contributed by atoms with E-state index in [1.54, 1.807) is 7.05 Å². The van der Waals surface area contributed by atoms with Crippen molar-refractivity contribution in [1.29, 1.82) is 0 Å². The summed E-state index contributed by atoms with van der Waals surface area (Å²) in [5.74, 6) is 1.76. The van der Waals surface area contributed by atoms with E-state index in [0.717, 1.165) is 0 Å². The molecule has 0 atom stereocenters. The molecule has 0 radical (unpaired) electrons. The number of hydrogen-bond acceptors (Lipinski definition) is 2. The van der Waals surface area contributed by atoms with Gasteiger partial charge in [0.2, 0.25) is 5.78 Å². The molecule has 7 heavy (non-hydrogen) atoms. The molecule has 0 saturated heterocycles. The van der Waals surface area contributed by atoms with E-state index in [4.69, 9.17) is 6.42 Å². The van der Waals surface area contributed by atoms with Crippen LogP contribution >= 0.6 is 0 Å². The molecule has 2 heteroatoms. The molecule has 0 spiro atoms. The van der Waals surface area contributed by atoms with E-state index in [-0.39, 0.29) is 12.3 Å². The minimum Gasteiger partial charge on any atom is -0.312 e. The monoisotopic (exact) mass is 97.1 g/mol. The lowest BCUT2D eigenvalue weighted by molar-refractivity contribution is -0.112. The van der Waals surface area contributed by atoms with Crippen LogP contribution in [0.25, 0.3) is 0 Å². The van der Waals surface area contributed by atoms with Gasteiger partial charge in [-0.1, -0.05) is 0 Å². The van der Waals surface area contributed by atoms with Crippen molar-refractivity contribution in [3.05, 3.63) is 0 Å². The molecule has 0 fully saturated rings. The van der Waals surface area contributed by atoms with Crippen LogP contribution in [-0.2, 0) is 4.79 Å². The van der Waals surface area contributed by atoms with Crippen molar-refractivity contribution < 1.29 is 4.79 Å². The fraction of sp³-hybridized carbons (Fsp3) is 0.400. The Balaban J connectivity index is 3.24. The lowest BCUT2D eigenvalue weighted by atomic mass is 10.4. The van der Waals surface area contributed by atoms with E-state index in [9.17, 15) is 4.79 Å². The number of Topliss-reactive ketones (excluding diaryl/α,β-unsaturated/α-hetero) is 1. The second-order valence-electron chi connectivity index (χ2n) is 1.10. The molecular weight excluding hydrogens is 90.1 g/mol. The van der Waals surface area contributed by atoms with Crippen LogP contribution in [0.4, 0.5) is 0 Å². The Labute approximate surface area is 42.9 Å². The van der Waals surface area contributed by atoms with Gasteiger partial charge >= 0.3 is 0 Å². The molecule has 0 aliphatic heterocycles. The minimum atomic E-state index is -0.206. The fourth-order valence-electron chi connectivity index (χ4n) is 0.212. The van der Waals surface area contributed by atoms with Crippen molar-refractivity contribution in [3.63, 3.8) is 0 Å². The molecule has 38 valence electrons. The van der Waals surface area contributed by atoms with Crippen LogP contribution in [-0.4, -0.2) is 19.4 Å². The molecule has 1 N–H and O–H groups in total. The fourth-order valence-corrected chi connectivity index (χ4v) is 0.212. The summed E-state index contributed by atoms with van der Waals surface area (Å²) in [7, 11) is 1.68. The molecule has 0 bridgehead atoms. The van der Waals surface area contributed by atoms with E-state index >= 15 is 0 Å². The molecule has 0 saturated carbocycles. The molecule has 0 aromatic heterocycles. The van der Waals surface area contributed by atoms with Crippen molar-refractivity contribution in [2.45, 2.75) is 0 Å². The van der Waals surface area contributed by atoms with Crippen LogP contribution in [0.15, 0.2) is 0 Å². The number of carbonyl (C=O) groups is 1. The van der Waals surface area contributed by atoms with E-state index in [0.29, 0.717) is 0 Å². The summed E-state index contributed by atoms with van der Waals surface area (Å²) in [6, 6.07) is 0. The lowest BCUT2D eigenvalue weighted by Gasteiger charge is -1.84. The van der Waals surface area contributed by atoms with Gasteiger partial charge in [0.05, 0.1) is 6.54 Å². The summed E-state index contributed by atoms with van der Waals surface area (Å²) in [6.45, 7) is 0.274. The van der Waals surface area contributed by atoms with Gasteiger partial charge in [0.25, 0.3) is 0 Å². The Morgan fingerprint density at radius 3 is 2.71 bits per heavy atom. The van der Waals surface area contributed by atoms with Crippen molar-refractivity contribution in [2.24, 2.45) is 0 Å². The normalized spacial score (nSPS) is 7.43. The standard InChI is InChI=1S/C5H7NO/c1-3-5(7)4-6-2/h1,6H,4H2,2H3. The Morgan fingerprint density at radius 2 is 2.57 bits per heavy atom. The maximum absolute atomic E-state index is 10.1. The van der Waals surface area contributed by atoms with Crippen LogP contribution in [0.2, 0.25) is 0 Å². The number of nitrogens with one attached hydrogen (secondary N) is 1. The van der Waals surface area contributed by atoms with Gasteiger partial charge in [0.1, 0.15) is 0 Å². The summed E-state index contributed by atoms with van der Waals surface area (Å²) in [5.41, 5.74) is 0. The van der Waals surface area contributed by atoms with Crippen LogP contribution in [0.5, 0.6) is 0 Å². The summed E-state index contributed by atoms with van der Waals surface area (Å²) >= 11 is 0. The van der Waals surface area contributed by atoms with Crippen LogP contribution in [0.1, 0.15) is 0 Å². The average Bonchev–Trinajstić information content (AvgIpc) is 1.68. The third-order valence-electron chi connectivity index (χ3n) is 0.498. The number of terminal acetylenes is 1. The largest absolute Gasteiger partial charge is 0.312 e.